The van der Waals surface area contributed by atoms with Gasteiger partial charge in [-0.15, -0.1) is 11.8 Å². The van der Waals surface area contributed by atoms with Crippen molar-refractivity contribution in [3.8, 4) is 5.75 Å². The molecule has 2 heterocycles. The van der Waals surface area contributed by atoms with Crippen molar-refractivity contribution in [2.24, 2.45) is 0 Å². The Morgan fingerprint density at radius 3 is 2.66 bits per heavy atom. The van der Waals surface area contributed by atoms with E-state index in [0.29, 0.717) is 18.7 Å². The quantitative estimate of drug-likeness (QED) is 0.643. The molecule has 2 aliphatic rings. The molecular formula is C21H31N3O4S. The predicted octanol–water partition coefficient (Wildman–Crippen LogP) is 1.62. The summed E-state index contributed by atoms with van der Waals surface area (Å²) in [6.07, 6.45) is 2.92. The van der Waals surface area contributed by atoms with E-state index in [1.165, 1.54) is 0 Å². The Hall–Kier alpha value is -1.77. The number of thioether (sulfide) groups is 1. The van der Waals surface area contributed by atoms with Crippen molar-refractivity contribution in [2.75, 3.05) is 52.2 Å². The van der Waals surface area contributed by atoms with Gasteiger partial charge in [-0.1, -0.05) is 0 Å². The molecule has 7 nitrogen and oxygen atoms in total. The molecule has 2 fully saturated rings. The second kappa shape index (κ2) is 10.8. The second-order valence-electron chi connectivity index (χ2n) is 7.42. The zero-order valence-electron chi connectivity index (χ0n) is 17.3. The molecule has 0 aromatic heterocycles. The molecule has 1 aromatic carbocycles. The maximum atomic E-state index is 12.8. The minimum absolute atomic E-state index is 0.00869. The van der Waals surface area contributed by atoms with Gasteiger partial charge in [0.15, 0.2) is 6.10 Å². The van der Waals surface area contributed by atoms with Gasteiger partial charge in [-0.3, -0.25) is 14.5 Å². The largest absolute Gasteiger partial charge is 0.481 e. The normalized spacial score (nSPS) is 21.7. The molecule has 0 aliphatic carbocycles. The number of nitrogens with one attached hydrogen (secondary N) is 1. The molecule has 2 atom stereocenters. The predicted molar refractivity (Wildman–Crippen MR) is 113 cm³/mol. The smallest absolute Gasteiger partial charge is 0.261 e. The zero-order valence-corrected chi connectivity index (χ0v) is 18.1. The number of carbonyl (C=O) groups is 2. The highest BCUT2D eigenvalue weighted by atomic mass is 32.2. The summed E-state index contributed by atoms with van der Waals surface area (Å²) in [4.78, 5) is 30.7. The number of amides is 2. The fourth-order valence-electron chi connectivity index (χ4n) is 3.58. The number of rotatable bonds is 8. The van der Waals surface area contributed by atoms with Crippen molar-refractivity contribution in [1.29, 1.82) is 0 Å². The lowest BCUT2D eigenvalue weighted by Crippen LogP contribution is -2.55. The molecule has 8 heteroatoms. The van der Waals surface area contributed by atoms with Crippen LogP contribution in [0.15, 0.2) is 29.2 Å². The first kappa shape index (κ1) is 21.9. The van der Waals surface area contributed by atoms with Crippen LogP contribution in [-0.4, -0.2) is 86.0 Å². The van der Waals surface area contributed by atoms with E-state index < -0.39 is 12.1 Å². The molecular weight excluding hydrogens is 390 g/mol. The number of morpholine rings is 1. The zero-order chi connectivity index (χ0) is 20.6. The van der Waals surface area contributed by atoms with Gasteiger partial charge >= 0.3 is 0 Å². The van der Waals surface area contributed by atoms with Gasteiger partial charge in [-0.05, 0) is 50.3 Å². The summed E-state index contributed by atoms with van der Waals surface area (Å²) >= 11 is 1.65. The van der Waals surface area contributed by atoms with Crippen molar-refractivity contribution in [1.82, 2.24) is 15.1 Å². The first-order chi connectivity index (χ1) is 14.1. The fourth-order valence-corrected chi connectivity index (χ4v) is 3.99. The number of carbonyl (C=O) groups excluding carboxylic acids is 2. The highest BCUT2D eigenvalue weighted by molar-refractivity contribution is 7.98. The van der Waals surface area contributed by atoms with Crippen LogP contribution in [0.25, 0.3) is 0 Å². The molecule has 29 heavy (non-hydrogen) atoms. The number of hydrogen-bond donors (Lipinski definition) is 1. The van der Waals surface area contributed by atoms with Crippen LogP contribution >= 0.6 is 11.8 Å². The third-order valence-electron chi connectivity index (χ3n) is 5.38. The molecule has 0 spiro atoms. The molecule has 3 rings (SSSR count). The molecule has 0 bridgehead atoms. The summed E-state index contributed by atoms with van der Waals surface area (Å²) in [6, 6.07) is 7.16. The highest BCUT2D eigenvalue weighted by Gasteiger charge is 2.31. The summed E-state index contributed by atoms with van der Waals surface area (Å²) in [5.41, 5.74) is 0. The number of piperidine rings is 1. The van der Waals surface area contributed by atoms with Gasteiger partial charge in [-0.2, -0.15) is 0 Å². The van der Waals surface area contributed by atoms with E-state index in [0.717, 1.165) is 50.7 Å². The Morgan fingerprint density at radius 2 is 1.97 bits per heavy atom. The maximum Gasteiger partial charge on any atom is 0.261 e. The van der Waals surface area contributed by atoms with E-state index in [2.05, 4.69) is 10.2 Å². The molecule has 2 saturated heterocycles. The minimum atomic E-state index is -0.661. The SMILES string of the molecule is CSc1ccc(OC(C)C(=O)NC2CCCN(CCN3CCOCC3)C2=O)cc1. The number of benzene rings is 1. The molecule has 2 unspecified atom stereocenters. The third-order valence-corrected chi connectivity index (χ3v) is 6.12. The second-order valence-corrected chi connectivity index (χ2v) is 8.30. The minimum Gasteiger partial charge on any atom is -0.481 e. The summed E-state index contributed by atoms with van der Waals surface area (Å²) in [6.45, 7) is 7.34. The number of hydrogen-bond acceptors (Lipinski definition) is 6. The van der Waals surface area contributed by atoms with E-state index >= 15 is 0 Å². The number of nitrogens with zero attached hydrogens (tertiary/aromatic N) is 2. The topological polar surface area (TPSA) is 71.1 Å². The molecule has 2 amide bonds. The molecule has 0 saturated carbocycles. The average Bonchev–Trinajstić information content (AvgIpc) is 2.75. The van der Waals surface area contributed by atoms with Gasteiger partial charge in [0.1, 0.15) is 11.8 Å². The lowest BCUT2D eigenvalue weighted by atomic mass is 10.0. The van der Waals surface area contributed by atoms with Crippen LogP contribution in [0.5, 0.6) is 5.75 Å². The summed E-state index contributed by atoms with van der Waals surface area (Å²) in [5.74, 6) is 0.397. The van der Waals surface area contributed by atoms with Gasteiger partial charge in [0.05, 0.1) is 13.2 Å². The van der Waals surface area contributed by atoms with Crippen molar-refractivity contribution in [2.45, 2.75) is 36.8 Å². The van der Waals surface area contributed by atoms with Gasteiger partial charge < -0.3 is 19.7 Å². The van der Waals surface area contributed by atoms with Gasteiger partial charge in [-0.25, -0.2) is 0 Å². The van der Waals surface area contributed by atoms with Crippen LogP contribution in [-0.2, 0) is 14.3 Å². The van der Waals surface area contributed by atoms with E-state index in [-0.39, 0.29) is 11.8 Å². The third kappa shape index (κ3) is 6.35. The number of likely N-dealkylation sites (tertiary alicyclic amines) is 1. The summed E-state index contributed by atoms with van der Waals surface area (Å²) < 4.78 is 11.1. The van der Waals surface area contributed by atoms with Crippen molar-refractivity contribution < 1.29 is 19.1 Å². The molecule has 1 N–H and O–H groups in total. The molecule has 2 aliphatic heterocycles. The summed E-state index contributed by atoms with van der Waals surface area (Å²) in [5, 5.41) is 2.89. The van der Waals surface area contributed by atoms with Crippen LogP contribution < -0.4 is 10.1 Å². The Labute approximate surface area is 177 Å². The average molecular weight is 422 g/mol. The van der Waals surface area contributed by atoms with E-state index in [4.69, 9.17) is 9.47 Å². The van der Waals surface area contributed by atoms with E-state index in [1.54, 1.807) is 18.7 Å². The van der Waals surface area contributed by atoms with Crippen LogP contribution in [0.3, 0.4) is 0 Å². The Morgan fingerprint density at radius 1 is 1.24 bits per heavy atom. The molecule has 1 aromatic rings. The van der Waals surface area contributed by atoms with Crippen LogP contribution in [0.4, 0.5) is 0 Å². The van der Waals surface area contributed by atoms with Gasteiger partial charge in [0, 0.05) is 37.6 Å². The van der Waals surface area contributed by atoms with Crippen molar-refractivity contribution >= 4 is 23.6 Å². The summed E-state index contributed by atoms with van der Waals surface area (Å²) in [7, 11) is 0. The van der Waals surface area contributed by atoms with Crippen molar-refractivity contribution in [3.05, 3.63) is 24.3 Å². The first-order valence-corrected chi connectivity index (χ1v) is 11.5. The van der Waals surface area contributed by atoms with Crippen LogP contribution in [0.2, 0.25) is 0 Å². The van der Waals surface area contributed by atoms with E-state index in [1.807, 2.05) is 35.4 Å². The Kier molecular flexibility index (Phi) is 8.20. The maximum absolute atomic E-state index is 12.8. The monoisotopic (exact) mass is 421 g/mol. The first-order valence-electron chi connectivity index (χ1n) is 10.3. The number of ether oxygens (including phenoxy) is 2. The lowest BCUT2D eigenvalue weighted by molar-refractivity contribution is -0.140. The van der Waals surface area contributed by atoms with Crippen LogP contribution in [0.1, 0.15) is 19.8 Å². The Bertz CT molecular complexity index is 679. The standard InChI is InChI=1S/C21H31N3O4S/c1-16(28-17-5-7-18(29-2)8-6-17)20(25)22-19-4-3-9-24(21(19)26)11-10-23-12-14-27-15-13-23/h5-8,16,19H,3-4,9-15H2,1-2H3,(H,22,25). The van der Waals surface area contributed by atoms with Crippen molar-refractivity contribution in [3.63, 3.8) is 0 Å². The highest BCUT2D eigenvalue weighted by Crippen LogP contribution is 2.20. The molecule has 0 radical (unpaired) electrons. The molecule has 160 valence electrons. The van der Waals surface area contributed by atoms with Gasteiger partial charge in [0.25, 0.3) is 5.91 Å². The van der Waals surface area contributed by atoms with E-state index in [9.17, 15) is 9.59 Å². The fraction of sp³-hybridized carbons (Fsp3) is 0.619. The van der Waals surface area contributed by atoms with Crippen LogP contribution in [0, 0.1) is 0 Å². The van der Waals surface area contributed by atoms with Gasteiger partial charge in [0.2, 0.25) is 5.91 Å². The lowest BCUT2D eigenvalue weighted by Gasteiger charge is -2.35. The Balaban J connectivity index is 1.47.